The number of nitrogens with zero attached hydrogens (tertiary/aromatic N) is 1. The Morgan fingerprint density at radius 1 is 1.16 bits per heavy atom. The maximum absolute atomic E-state index is 13.1. The second-order valence-corrected chi connectivity index (χ2v) is 8.97. The zero-order valence-electron chi connectivity index (χ0n) is 16.9. The number of thioether (sulfide) groups is 1. The number of carbonyl (C=O) groups is 3. The van der Waals surface area contributed by atoms with Gasteiger partial charge in [-0.15, -0.1) is 23.1 Å². The van der Waals surface area contributed by atoms with Gasteiger partial charge in [0.05, 0.1) is 17.7 Å². The van der Waals surface area contributed by atoms with Crippen LogP contribution in [0.15, 0.2) is 58.9 Å². The Labute approximate surface area is 187 Å². The van der Waals surface area contributed by atoms with E-state index in [1.807, 2.05) is 49.6 Å². The van der Waals surface area contributed by atoms with Crippen molar-refractivity contribution in [3.63, 3.8) is 0 Å². The number of urea groups is 1. The number of hydrogen-bond acceptors (Lipinski definition) is 6. The number of rotatable bonds is 6. The number of aryl methyl sites for hydroxylation is 1. The third kappa shape index (κ3) is 3.94. The summed E-state index contributed by atoms with van der Waals surface area (Å²) in [5.74, 6) is -0.876. The minimum Gasteiger partial charge on any atom is -0.349 e. The molecule has 0 aliphatic carbocycles. The van der Waals surface area contributed by atoms with Crippen LogP contribution in [-0.2, 0) is 10.3 Å². The van der Waals surface area contributed by atoms with Crippen LogP contribution >= 0.6 is 23.1 Å². The summed E-state index contributed by atoms with van der Waals surface area (Å²) in [6.45, 7) is 1.70. The molecule has 0 spiro atoms. The van der Waals surface area contributed by atoms with E-state index in [0.717, 1.165) is 20.9 Å². The van der Waals surface area contributed by atoms with Gasteiger partial charge >= 0.3 is 6.03 Å². The summed E-state index contributed by atoms with van der Waals surface area (Å²) in [6, 6.07) is 14.6. The largest absolute Gasteiger partial charge is 0.349 e. The van der Waals surface area contributed by atoms with E-state index in [-0.39, 0.29) is 12.5 Å². The van der Waals surface area contributed by atoms with Crippen LogP contribution in [0.4, 0.5) is 4.79 Å². The molecule has 31 heavy (non-hydrogen) atoms. The van der Waals surface area contributed by atoms with Crippen LogP contribution < -0.4 is 16.0 Å². The lowest BCUT2D eigenvalue weighted by Crippen LogP contribution is -2.53. The van der Waals surface area contributed by atoms with Gasteiger partial charge in [-0.3, -0.25) is 14.9 Å². The molecule has 0 radical (unpaired) electrons. The van der Waals surface area contributed by atoms with Crippen LogP contribution in [0.5, 0.6) is 0 Å². The van der Waals surface area contributed by atoms with Gasteiger partial charge in [0.2, 0.25) is 0 Å². The molecule has 4 amide bonds. The first-order valence-electron chi connectivity index (χ1n) is 9.50. The first-order chi connectivity index (χ1) is 14.9. The standard InChI is InChI=1S/C22H20N4O3S2/c1-13-18(24-12-31-13)22(20(28)25-21(29)26-22)11-23-19(27)17-6-4-3-5-16(17)14-7-9-15(30-2)10-8-14/h3-10,12H,11H2,1-2H3,(H,23,27)(H2,25,26,28,29). The van der Waals surface area contributed by atoms with Crippen molar-refractivity contribution in [1.82, 2.24) is 20.9 Å². The Hall–Kier alpha value is -3.17. The molecule has 1 aromatic heterocycles. The maximum atomic E-state index is 13.1. The average Bonchev–Trinajstić information content (AvgIpc) is 3.34. The second kappa shape index (κ2) is 8.52. The Morgan fingerprint density at radius 2 is 1.90 bits per heavy atom. The molecule has 0 bridgehead atoms. The number of benzene rings is 2. The Bertz CT molecular complexity index is 1160. The minimum absolute atomic E-state index is 0.117. The average molecular weight is 453 g/mol. The SMILES string of the molecule is CSc1ccc(-c2ccccc2C(=O)NCC2(c3ncsc3C)NC(=O)NC2=O)cc1. The fourth-order valence-corrected chi connectivity index (χ4v) is 4.66. The van der Waals surface area contributed by atoms with E-state index in [1.54, 1.807) is 29.4 Å². The molecule has 7 nitrogen and oxygen atoms in total. The molecule has 1 unspecified atom stereocenters. The highest BCUT2D eigenvalue weighted by Gasteiger charge is 2.50. The summed E-state index contributed by atoms with van der Waals surface area (Å²) < 4.78 is 0. The molecule has 4 rings (SSSR count). The van der Waals surface area contributed by atoms with Crippen LogP contribution in [0, 0.1) is 6.92 Å². The summed E-state index contributed by atoms with van der Waals surface area (Å²) in [6.07, 6.45) is 2.01. The van der Waals surface area contributed by atoms with Gasteiger partial charge < -0.3 is 10.6 Å². The summed E-state index contributed by atoms with van der Waals surface area (Å²) in [4.78, 5) is 43.9. The molecule has 1 aliphatic rings. The molecule has 2 heterocycles. The van der Waals surface area contributed by atoms with E-state index in [4.69, 9.17) is 0 Å². The molecule has 2 aromatic carbocycles. The van der Waals surface area contributed by atoms with Crippen LogP contribution in [0.2, 0.25) is 0 Å². The Balaban J connectivity index is 1.62. The molecule has 3 aromatic rings. The fraction of sp³-hybridized carbons (Fsp3) is 0.182. The van der Waals surface area contributed by atoms with Crippen molar-refractivity contribution in [2.45, 2.75) is 17.4 Å². The summed E-state index contributed by atoms with van der Waals surface area (Å²) in [7, 11) is 0. The van der Waals surface area contributed by atoms with Crippen LogP contribution in [0.3, 0.4) is 0 Å². The summed E-state index contributed by atoms with van der Waals surface area (Å²) in [5.41, 5.74) is 2.79. The van der Waals surface area contributed by atoms with Gasteiger partial charge in [0.15, 0.2) is 5.54 Å². The number of thiazole rings is 1. The van der Waals surface area contributed by atoms with Gasteiger partial charge in [0.25, 0.3) is 11.8 Å². The van der Waals surface area contributed by atoms with Crippen molar-refractivity contribution in [2.75, 3.05) is 12.8 Å². The zero-order chi connectivity index (χ0) is 22.0. The highest BCUT2D eigenvalue weighted by Crippen LogP contribution is 2.29. The van der Waals surface area contributed by atoms with Crippen molar-refractivity contribution < 1.29 is 14.4 Å². The van der Waals surface area contributed by atoms with Gasteiger partial charge in [-0.2, -0.15) is 0 Å². The maximum Gasteiger partial charge on any atom is 0.322 e. The monoisotopic (exact) mass is 452 g/mol. The molecule has 1 saturated heterocycles. The molecular weight excluding hydrogens is 432 g/mol. The fourth-order valence-electron chi connectivity index (χ4n) is 3.59. The van der Waals surface area contributed by atoms with Crippen LogP contribution in [-0.4, -0.2) is 35.6 Å². The van der Waals surface area contributed by atoms with Crippen molar-refractivity contribution in [3.05, 3.63) is 70.2 Å². The number of aromatic nitrogens is 1. The van der Waals surface area contributed by atoms with E-state index < -0.39 is 17.5 Å². The lowest BCUT2D eigenvalue weighted by atomic mass is 9.93. The minimum atomic E-state index is -1.44. The highest BCUT2D eigenvalue weighted by molar-refractivity contribution is 7.98. The first kappa shape index (κ1) is 21.1. The number of hydrogen-bond donors (Lipinski definition) is 3. The predicted octanol–water partition coefficient (Wildman–Crippen LogP) is 3.31. The number of imide groups is 1. The smallest absolute Gasteiger partial charge is 0.322 e. The number of carbonyl (C=O) groups excluding carboxylic acids is 3. The molecule has 1 aliphatic heterocycles. The Morgan fingerprint density at radius 3 is 2.52 bits per heavy atom. The topological polar surface area (TPSA) is 100 Å². The first-order valence-corrected chi connectivity index (χ1v) is 11.6. The quantitative estimate of drug-likeness (QED) is 0.394. The summed E-state index contributed by atoms with van der Waals surface area (Å²) in [5, 5.41) is 7.74. The molecule has 1 atom stereocenters. The second-order valence-electron chi connectivity index (χ2n) is 7.03. The molecular formula is C22H20N4O3S2. The molecule has 3 N–H and O–H groups in total. The third-order valence-corrected chi connectivity index (χ3v) is 6.68. The molecule has 158 valence electrons. The van der Waals surface area contributed by atoms with E-state index >= 15 is 0 Å². The molecule has 9 heteroatoms. The van der Waals surface area contributed by atoms with E-state index in [2.05, 4.69) is 20.9 Å². The molecule has 0 saturated carbocycles. The lowest BCUT2D eigenvalue weighted by molar-refractivity contribution is -0.124. The van der Waals surface area contributed by atoms with Crippen LogP contribution in [0.25, 0.3) is 11.1 Å². The van der Waals surface area contributed by atoms with Crippen molar-refractivity contribution >= 4 is 40.9 Å². The van der Waals surface area contributed by atoms with Gasteiger partial charge in [0, 0.05) is 15.3 Å². The van der Waals surface area contributed by atoms with Crippen molar-refractivity contribution in [2.24, 2.45) is 0 Å². The normalized spacial score (nSPS) is 17.9. The third-order valence-electron chi connectivity index (χ3n) is 5.18. The lowest BCUT2D eigenvalue weighted by Gasteiger charge is -2.25. The van der Waals surface area contributed by atoms with E-state index in [0.29, 0.717) is 11.3 Å². The van der Waals surface area contributed by atoms with Gasteiger partial charge in [-0.1, -0.05) is 30.3 Å². The number of amides is 4. The van der Waals surface area contributed by atoms with Crippen LogP contribution in [0.1, 0.15) is 20.9 Å². The summed E-state index contributed by atoms with van der Waals surface area (Å²) >= 11 is 3.02. The van der Waals surface area contributed by atoms with Gasteiger partial charge in [0.1, 0.15) is 0 Å². The van der Waals surface area contributed by atoms with E-state index in [1.165, 1.54) is 11.3 Å². The van der Waals surface area contributed by atoms with E-state index in [9.17, 15) is 14.4 Å². The highest BCUT2D eigenvalue weighted by atomic mass is 32.2. The van der Waals surface area contributed by atoms with Crippen molar-refractivity contribution in [3.8, 4) is 11.1 Å². The molecule has 1 fully saturated rings. The van der Waals surface area contributed by atoms with Gasteiger partial charge in [-0.25, -0.2) is 9.78 Å². The number of nitrogens with one attached hydrogen (secondary N) is 3. The zero-order valence-corrected chi connectivity index (χ0v) is 18.5. The predicted molar refractivity (Wildman–Crippen MR) is 121 cm³/mol. The van der Waals surface area contributed by atoms with Gasteiger partial charge in [-0.05, 0) is 42.5 Å². The van der Waals surface area contributed by atoms with Crippen molar-refractivity contribution in [1.29, 1.82) is 0 Å². The Kier molecular flexibility index (Phi) is 5.79.